The number of carbonyl (C=O) groups is 2. The zero-order chi connectivity index (χ0) is 20.1. The first kappa shape index (κ1) is 16.4. The molecule has 1 aliphatic heterocycles. The normalized spacial score (nSPS) is 14.4. The van der Waals surface area contributed by atoms with E-state index >= 15 is 0 Å². The average molecular weight is 401 g/mol. The van der Waals surface area contributed by atoms with E-state index in [4.69, 9.17) is 0 Å². The summed E-state index contributed by atoms with van der Waals surface area (Å²) in [7, 11) is -4.64. The molecule has 0 atom stereocenters. The molecular weight excluding hydrogens is 390 g/mol. The Balaban J connectivity index is 2.09. The third-order valence-electron chi connectivity index (χ3n) is 5.70. The van der Waals surface area contributed by atoms with Crippen LogP contribution in [0.25, 0.3) is 43.1 Å². The molecule has 0 saturated heterocycles. The smallest absolute Gasteiger partial charge is 0.288 e. The van der Waals surface area contributed by atoms with Crippen LogP contribution >= 0.6 is 0 Å². The summed E-state index contributed by atoms with van der Waals surface area (Å²) in [5, 5.41) is 7.47. The van der Waals surface area contributed by atoms with Crippen LogP contribution in [0, 0.1) is 0 Å². The van der Waals surface area contributed by atoms with Gasteiger partial charge in [-0.05, 0) is 39.1 Å². The number of carbonyl (C=O) groups excluding carboxylic acids is 2. The van der Waals surface area contributed by atoms with Gasteiger partial charge in [-0.2, -0.15) is 8.42 Å². The summed E-state index contributed by atoms with van der Waals surface area (Å²) in [4.78, 5) is 24.6. The Hall–Kier alpha value is -3.55. The molecule has 7 heteroatoms. The number of rotatable bonds is 1. The molecule has 5 aromatic carbocycles. The standard InChI is InChI=1S/C22H11NO5S/c24-21-14-8-7-12-11-5-1-3-10-4-2-6-13(17(10)11)19-16(29(26,27)28)9-15(22(25)23-21)18(14)20(12)19/h1-9H,(H,23,24,25)(H,26,27,28). The van der Waals surface area contributed by atoms with E-state index in [-0.39, 0.29) is 10.5 Å². The van der Waals surface area contributed by atoms with E-state index in [0.29, 0.717) is 27.1 Å². The van der Waals surface area contributed by atoms with Crippen molar-refractivity contribution in [3.8, 4) is 0 Å². The molecule has 0 aliphatic carbocycles. The lowest BCUT2D eigenvalue weighted by molar-refractivity contribution is 0.0845. The summed E-state index contributed by atoms with van der Waals surface area (Å²) in [6.45, 7) is 0. The second-order valence-corrected chi connectivity index (χ2v) is 8.57. The molecule has 0 unspecified atom stereocenters. The van der Waals surface area contributed by atoms with Crippen molar-refractivity contribution < 1.29 is 22.6 Å². The number of hydrogen-bond donors (Lipinski definition) is 2. The maximum atomic E-state index is 12.5. The highest BCUT2D eigenvalue weighted by atomic mass is 32.2. The zero-order valence-corrected chi connectivity index (χ0v) is 15.5. The molecular formula is C22H11NO5S. The summed E-state index contributed by atoms with van der Waals surface area (Å²) >= 11 is 0. The number of benzene rings is 5. The van der Waals surface area contributed by atoms with E-state index in [1.165, 1.54) is 0 Å². The Bertz CT molecular complexity index is 1680. The molecule has 1 heterocycles. The predicted molar refractivity (Wildman–Crippen MR) is 109 cm³/mol. The SMILES string of the molecule is O=C1NC(=O)c2cc(S(=O)(=O)O)c3c4cccc5cccc(c6ccc1c2c63)c54. The predicted octanol–water partition coefficient (Wildman–Crippen LogP) is 3.87. The molecule has 5 aromatic rings. The van der Waals surface area contributed by atoms with Crippen molar-refractivity contribution in [2.24, 2.45) is 0 Å². The van der Waals surface area contributed by atoms with Gasteiger partial charge in [0.2, 0.25) is 0 Å². The molecule has 6 rings (SSSR count). The molecule has 0 fully saturated rings. The van der Waals surface area contributed by atoms with E-state index in [0.717, 1.165) is 27.6 Å². The minimum atomic E-state index is -4.64. The second-order valence-electron chi connectivity index (χ2n) is 7.18. The van der Waals surface area contributed by atoms with Gasteiger partial charge in [-0.3, -0.25) is 19.5 Å². The molecule has 140 valence electrons. The lowest BCUT2D eigenvalue weighted by Crippen LogP contribution is -2.35. The van der Waals surface area contributed by atoms with Crippen LogP contribution in [0.4, 0.5) is 0 Å². The van der Waals surface area contributed by atoms with Crippen molar-refractivity contribution in [2.75, 3.05) is 0 Å². The van der Waals surface area contributed by atoms with Crippen molar-refractivity contribution >= 4 is 65.0 Å². The van der Waals surface area contributed by atoms with Gasteiger partial charge in [0.25, 0.3) is 21.9 Å². The second kappa shape index (κ2) is 5.08. The molecule has 0 saturated carbocycles. The van der Waals surface area contributed by atoms with Gasteiger partial charge in [-0.25, -0.2) is 0 Å². The minimum Gasteiger partial charge on any atom is -0.288 e. The number of hydrogen-bond acceptors (Lipinski definition) is 4. The summed E-state index contributed by atoms with van der Waals surface area (Å²) in [6, 6.07) is 15.9. The minimum absolute atomic E-state index is 0.0550. The fourth-order valence-corrected chi connectivity index (χ4v) is 5.35. The first-order valence-electron chi connectivity index (χ1n) is 8.85. The Morgan fingerprint density at radius 3 is 2.07 bits per heavy atom. The Kier molecular flexibility index (Phi) is 2.87. The van der Waals surface area contributed by atoms with Gasteiger partial charge in [-0.1, -0.05) is 42.5 Å². The zero-order valence-electron chi connectivity index (χ0n) is 14.7. The van der Waals surface area contributed by atoms with Crippen molar-refractivity contribution in [2.45, 2.75) is 4.90 Å². The maximum absolute atomic E-state index is 12.5. The summed E-state index contributed by atoms with van der Waals surface area (Å²) in [5.41, 5.74) is 0.354. The number of fused-ring (bicyclic) bond motifs is 2. The number of nitrogens with one attached hydrogen (secondary N) is 1. The molecule has 2 N–H and O–H groups in total. The molecule has 0 bridgehead atoms. The fourth-order valence-electron chi connectivity index (χ4n) is 4.62. The van der Waals surface area contributed by atoms with Gasteiger partial charge in [-0.15, -0.1) is 0 Å². The van der Waals surface area contributed by atoms with Crippen LogP contribution in [0.15, 0.2) is 59.5 Å². The van der Waals surface area contributed by atoms with Crippen LogP contribution in [-0.2, 0) is 10.1 Å². The molecule has 0 aromatic heterocycles. The van der Waals surface area contributed by atoms with Crippen LogP contribution < -0.4 is 5.32 Å². The van der Waals surface area contributed by atoms with Gasteiger partial charge in [0.1, 0.15) is 4.90 Å². The highest BCUT2D eigenvalue weighted by Gasteiger charge is 2.31. The van der Waals surface area contributed by atoms with E-state index in [9.17, 15) is 22.6 Å². The van der Waals surface area contributed by atoms with E-state index in [1.807, 2.05) is 30.3 Å². The monoisotopic (exact) mass is 401 g/mol. The highest BCUT2D eigenvalue weighted by molar-refractivity contribution is 7.86. The average Bonchev–Trinajstić information content (AvgIpc) is 2.69. The Morgan fingerprint density at radius 2 is 1.34 bits per heavy atom. The van der Waals surface area contributed by atoms with Gasteiger partial charge < -0.3 is 0 Å². The van der Waals surface area contributed by atoms with Crippen LogP contribution in [0.5, 0.6) is 0 Å². The fraction of sp³-hybridized carbons (Fsp3) is 0. The van der Waals surface area contributed by atoms with E-state index in [1.54, 1.807) is 18.2 Å². The molecule has 0 radical (unpaired) electrons. The lowest BCUT2D eigenvalue weighted by atomic mass is 9.85. The topological polar surface area (TPSA) is 101 Å². The van der Waals surface area contributed by atoms with Crippen LogP contribution in [0.1, 0.15) is 20.7 Å². The highest BCUT2D eigenvalue weighted by Crippen LogP contribution is 2.45. The quantitative estimate of drug-likeness (QED) is 0.192. The van der Waals surface area contributed by atoms with E-state index < -0.39 is 21.9 Å². The van der Waals surface area contributed by atoms with Gasteiger partial charge in [0.05, 0.1) is 0 Å². The molecule has 0 spiro atoms. The van der Waals surface area contributed by atoms with Crippen molar-refractivity contribution in [3.63, 3.8) is 0 Å². The van der Waals surface area contributed by atoms with Crippen LogP contribution in [-0.4, -0.2) is 24.8 Å². The van der Waals surface area contributed by atoms with Crippen molar-refractivity contribution in [1.82, 2.24) is 5.32 Å². The maximum Gasteiger partial charge on any atom is 0.295 e. The van der Waals surface area contributed by atoms with Crippen molar-refractivity contribution in [1.29, 1.82) is 0 Å². The first-order valence-corrected chi connectivity index (χ1v) is 10.3. The molecule has 2 amide bonds. The third-order valence-corrected chi connectivity index (χ3v) is 6.58. The number of imide groups is 1. The summed E-state index contributed by atoms with van der Waals surface area (Å²) in [6.07, 6.45) is 0. The molecule has 1 aliphatic rings. The summed E-state index contributed by atoms with van der Waals surface area (Å²) in [5.74, 6) is -1.22. The summed E-state index contributed by atoms with van der Waals surface area (Å²) < 4.78 is 34.6. The van der Waals surface area contributed by atoms with E-state index in [2.05, 4.69) is 5.32 Å². The van der Waals surface area contributed by atoms with Crippen LogP contribution in [0.3, 0.4) is 0 Å². The van der Waals surface area contributed by atoms with Gasteiger partial charge >= 0.3 is 0 Å². The number of amides is 2. The van der Waals surface area contributed by atoms with Gasteiger partial charge in [0, 0.05) is 27.3 Å². The lowest BCUT2D eigenvalue weighted by Gasteiger charge is -2.22. The molecule has 29 heavy (non-hydrogen) atoms. The first-order chi connectivity index (χ1) is 13.9. The van der Waals surface area contributed by atoms with Gasteiger partial charge in [0.15, 0.2) is 0 Å². The Labute approximate surface area is 163 Å². The third kappa shape index (κ3) is 1.95. The largest absolute Gasteiger partial charge is 0.295 e. The molecule has 6 nitrogen and oxygen atoms in total. The Morgan fingerprint density at radius 1 is 0.690 bits per heavy atom. The van der Waals surface area contributed by atoms with Crippen LogP contribution in [0.2, 0.25) is 0 Å². The van der Waals surface area contributed by atoms with Crippen molar-refractivity contribution in [3.05, 3.63) is 65.7 Å².